The fraction of sp³-hybridized carbons (Fsp3) is 0.500. The minimum atomic E-state index is -3.50. The third kappa shape index (κ3) is 4.13. The first-order valence-electron chi connectivity index (χ1n) is 11.1. The second-order valence-corrected chi connectivity index (χ2v) is 11.1. The molecular weight excluding hydrogens is 408 g/mol. The lowest BCUT2D eigenvalue weighted by Crippen LogP contribution is -2.39. The van der Waals surface area contributed by atoms with E-state index in [0.29, 0.717) is 23.9 Å². The summed E-state index contributed by atoms with van der Waals surface area (Å²) >= 11 is 0. The molecule has 0 atom stereocenters. The van der Waals surface area contributed by atoms with Gasteiger partial charge in [-0.25, -0.2) is 18.4 Å². The van der Waals surface area contributed by atoms with Crippen molar-refractivity contribution in [3.8, 4) is 0 Å². The van der Waals surface area contributed by atoms with Crippen LogP contribution in [0.25, 0.3) is 11.2 Å². The number of hydrogen-bond acceptors (Lipinski definition) is 4. The lowest BCUT2D eigenvalue weighted by molar-refractivity contribution is 0.272. The highest BCUT2D eigenvalue weighted by Crippen LogP contribution is 2.32. The smallest absolute Gasteiger partial charge is 0.243 e. The third-order valence-electron chi connectivity index (χ3n) is 6.31. The van der Waals surface area contributed by atoms with Crippen LogP contribution in [-0.4, -0.2) is 40.3 Å². The highest BCUT2D eigenvalue weighted by molar-refractivity contribution is 7.89. The Labute approximate surface area is 185 Å². The number of piperidine rings is 1. The number of fused-ring (bicyclic) bond motifs is 1. The molecule has 7 heteroatoms. The van der Waals surface area contributed by atoms with Crippen molar-refractivity contribution in [2.75, 3.05) is 13.1 Å². The second-order valence-electron chi connectivity index (χ2n) is 9.18. The standard InChI is InChI=1S/C24H32N4O2S/c1-16(2)13-23-26-21-7-6-10-25-24(21)28(23)20-8-11-27(12-9-20)31(29,30)22-15-18(4)17(3)14-19(22)5/h6-7,10,14-16,20H,8-9,11-13H2,1-5H3. The molecule has 0 amide bonds. The SMILES string of the molecule is Cc1cc(C)c(S(=O)(=O)N2CCC(n3c(CC(C)C)nc4cccnc43)CC2)cc1C. The summed E-state index contributed by atoms with van der Waals surface area (Å²) in [6.07, 6.45) is 4.21. The van der Waals surface area contributed by atoms with Gasteiger partial charge in [0.2, 0.25) is 10.0 Å². The van der Waals surface area contributed by atoms with Gasteiger partial charge in [0, 0.05) is 31.7 Å². The summed E-state index contributed by atoms with van der Waals surface area (Å²) in [5.41, 5.74) is 4.76. The number of sulfonamides is 1. The van der Waals surface area contributed by atoms with Gasteiger partial charge in [0.1, 0.15) is 11.3 Å². The maximum absolute atomic E-state index is 13.4. The number of nitrogens with zero attached hydrogens (tertiary/aromatic N) is 4. The molecule has 6 nitrogen and oxygen atoms in total. The lowest BCUT2D eigenvalue weighted by Gasteiger charge is -2.33. The molecule has 3 heterocycles. The van der Waals surface area contributed by atoms with Crippen LogP contribution < -0.4 is 0 Å². The van der Waals surface area contributed by atoms with Gasteiger partial charge in [0.15, 0.2) is 5.65 Å². The van der Waals surface area contributed by atoms with Crippen LogP contribution in [0.2, 0.25) is 0 Å². The van der Waals surface area contributed by atoms with E-state index in [0.717, 1.165) is 52.9 Å². The van der Waals surface area contributed by atoms with Crippen molar-refractivity contribution in [3.05, 3.63) is 53.0 Å². The Balaban J connectivity index is 1.60. The molecule has 4 rings (SSSR count). The summed E-state index contributed by atoms with van der Waals surface area (Å²) in [7, 11) is -3.50. The van der Waals surface area contributed by atoms with E-state index in [1.165, 1.54) is 0 Å². The second kappa shape index (κ2) is 8.36. The van der Waals surface area contributed by atoms with Gasteiger partial charge >= 0.3 is 0 Å². The highest BCUT2D eigenvalue weighted by Gasteiger charge is 2.32. The van der Waals surface area contributed by atoms with Crippen LogP contribution >= 0.6 is 0 Å². The number of rotatable bonds is 5. The van der Waals surface area contributed by atoms with Gasteiger partial charge in [-0.15, -0.1) is 0 Å². The zero-order valence-corrected chi connectivity index (χ0v) is 19.9. The molecule has 0 bridgehead atoms. The quantitative estimate of drug-likeness (QED) is 0.582. The number of benzene rings is 1. The molecule has 0 unspecified atom stereocenters. The summed E-state index contributed by atoms with van der Waals surface area (Å²) in [6, 6.07) is 7.92. The van der Waals surface area contributed by atoms with Crippen molar-refractivity contribution in [1.82, 2.24) is 18.8 Å². The average molecular weight is 441 g/mol. The van der Waals surface area contributed by atoms with Crippen LogP contribution in [0.3, 0.4) is 0 Å². The highest BCUT2D eigenvalue weighted by atomic mass is 32.2. The average Bonchev–Trinajstić information content (AvgIpc) is 3.07. The first-order valence-corrected chi connectivity index (χ1v) is 12.5. The normalized spacial score (nSPS) is 16.5. The Morgan fingerprint density at radius 3 is 2.42 bits per heavy atom. The van der Waals surface area contributed by atoms with Gasteiger partial charge in [-0.1, -0.05) is 19.9 Å². The molecule has 1 aliphatic heterocycles. The molecule has 0 spiro atoms. The van der Waals surface area contributed by atoms with E-state index in [1.807, 2.05) is 51.2 Å². The Hall–Kier alpha value is -2.25. The van der Waals surface area contributed by atoms with Crippen LogP contribution in [0.4, 0.5) is 0 Å². The van der Waals surface area contributed by atoms with E-state index in [4.69, 9.17) is 4.98 Å². The van der Waals surface area contributed by atoms with Crippen molar-refractivity contribution in [1.29, 1.82) is 0 Å². The minimum Gasteiger partial charge on any atom is -0.309 e. The van der Waals surface area contributed by atoms with Gasteiger partial charge in [-0.05, 0) is 74.4 Å². The van der Waals surface area contributed by atoms with Gasteiger partial charge < -0.3 is 4.57 Å². The molecular formula is C24H32N4O2S. The molecule has 1 aromatic carbocycles. The summed E-state index contributed by atoms with van der Waals surface area (Å²) in [5.74, 6) is 1.54. The maximum Gasteiger partial charge on any atom is 0.243 e. The van der Waals surface area contributed by atoms with Gasteiger partial charge in [-0.2, -0.15) is 4.31 Å². The Bertz CT molecular complexity index is 1210. The van der Waals surface area contributed by atoms with Crippen molar-refractivity contribution >= 4 is 21.2 Å². The Morgan fingerprint density at radius 2 is 1.74 bits per heavy atom. The molecule has 1 fully saturated rings. The largest absolute Gasteiger partial charge is 0.309 e. The molecule has 2 aromatic heterocycles. The monoisotopic (exact) mass is 440 g/mol. The first kappa shape index (κ1) is 22.0. The third-order valence-corrected chi connectivity index (χ3v) is 8.35. The summed E-state index contributed by atoms with van der Waals surface area (Å²) in [6.45, 7) is 11.3. The summed E-state index contributed by atoms with van der Waals surface area (Å²) in [5, 5.41) is 0. The van der Waals surface area contributed by atoms with Crippen molar-refractivity contribution in [2.24, 2.45) is 5.92 Å². The van der Waals surface area contributed by atoms with Crippen LogP contribution in [0.15, 0.2) is 35.4 Å². The number of aryl methyl sites for hydroxylation is 3. The Morgan fingerprint density at radius 1 is 1.06 bits per heavy atom. The number of imidazole rings is 1. The molecule has 166 valence electrons. The number of aromatic nitrogens is 3. The van der Waals surface area contributed by atoms with Crippen molar-refractivity contribution < 1.29 is 8.42 Å². The number of hydrogen-bond donors (Lipinski definition) is 0. The lowest BCUT2D eigenvalue weighted by atomic mass is 10.1. The number of pyridine rings is 1. The van der Waals surface area contributed by atoms with Gasteiger partial charge in [0.05, 0.1) is 4.90 Å². The molecule has 0 N–H and O–H groups in total. The fourth-order valence-electron chi connectivity index (χ4n) is 4.56. The van der Waals surface area contributed by atoms with Crippen LogP contribution in [-0.2, 0) is 16.4 Å². The fourth-order valence-corrected chi connectivity index (χ4v) is 6.32. The van der Waals surface area contributed by atoms with Crippen LogP contribution in [0.5, 0.6) is 0 Å². The maximum atomic E-state index is 13.4. The predicted molar refractivity (Wildman–Crippen MR) is 124 cm³/mol. The molecule has 0 radical (unpaired) electrons. The summed E-state index contributed by atoms with van der Waals surface area (Å²) in [4.78, 5) is 9.87. The van der Waals surface area contributed by atoms with Gasteiger partial charge in [-0.3, -0.25) is 0 Å². The first-order chi connectivity index (χ1) is 14.7. The molecule has 1 aliphatic rings. The summed E-state index contributed by atoms with van der Waals surface area (Å²) < 4.78 is 30.7. The van der Waals surface area contributed by atoms with Crippen molar-refractivity contribution in [2.45, 2.75) is 64.8 Å². The van der Waals surface area contributed by atoms with Crippen LogP contribution in [0.1, 0.15) is 55.2 Å². The van der Waals surface area contributed by atoms with Crippen LogP contribution in [0, 0.1) is 26.7 Å². The topological polar surface area (TPSA) is 68.1 Å². The van der Waals surface area contributed by atoms with Gasteiger partial charge in [0.25, 0.3) is 0 Å². The molecule has 3 aromatic rings. The van der Waals surface area contributed by atoms with E-state index >= 15 is 0 Å². The van der Waals surface area contributed by atoms with E-state index in [2.05, 4.69) is 23.4 Å². The minimum absolute atomic E-state index is 0.209. The zero-order chi connectivity index (χ0) is 22.3. The molecule has 1 saturated heterocycles. The Kier molecular flexibility index (Phi) is 5.92. The molecule has 31 heavy (non-hydrogen) atoms. The van der Waals surface area contributed by atoms with E-state index < -0.39 is 10.0 Å². The molecule has 0 aliphatic carbocycles. The van der Waals surface area contributed by atoms with E-state index in [9.17, 15) is 8.42 Å². The van der Waals surface area contributed by atoms with E-state index in [-0.39, 0.29) is 6.04 Å². The zero-order valence-electron chi connectivity index (χ0n) is 19.1. The van der Waals surface area contributed by atoms with Crippen molar-refractivity contribution in [3.63, 3.8) is 0 Å². The predicted octanol–water partition coefficient (Wildman–Crippen LogP) is 4.58. The molecule has 0 saturated carbocycles. The van der Waals surface area contributed by atoms with E-state index in [1.54, 1.807) is 4.31 Å².